The molecule has 1 radical (unpaired) electrons. The third kappa shape index (κ3) is 21.2. The zero-order chi connectivity index (χ0) is 75.1. The number of primary amides is 1. The van der Waals surface area contributed by atoms with Crippen molar-refractivity contribution >= 4 is 99.7 Å². The zero-order valence-electron chi connectivity index (χ0n) is 57.4. The number of ether oxygens (including phenoxy) is 2. The summed E-state index contributed by atoms with van der Waals surface area (Å²) in [6, 6.07) is 7.97. The third-order valence-corrected chi connectivity index (χ3v) is 18.5. The van der Waals surface area contributed by atoms with Crippen LogP contribution < -0.4 is 38.1 Å². The summed E-state index contributed by atoms with van der Waals surface area (Å²) in [5.41, 5.74) is 13.4. The van der Waals surface area contributed by atoms with E-state index in [1.807, 2.05) is 29.2 Å². The van der Waals surface area contributed by atoms with Gasteiger partial charge in [0.15, 0.2) is 5.72 Å². The predicted octanol–water partition coefficient (Wildman–Crippen LogP) is -3.54. The van der Waals surface area contributed by atoms with Crippen molar-refractivity contribution in [3.05, 3.63) is 82.0 Å². The van der Waals surface area contributed by atoms with E-state index in [-0.39, 0.29) is 185 Å². The summed E-state index contributed by atoms with van der Waals surface area (Å²) in [5, 5.41) is 71.1. The average molecular weight is 1590 g/mol. The molecule has 39 heteroatoms. The molecule has 1 aromatic heterocycles. The van der Waals surface area contributed by atoms with Gasteiger partial charge in [-0.3, -0.25) is 81.9 Å². The minimum atomic E-state index is -1.57. The van der Waals surface area contributed by atoms with E-state index in [0.29, 0.717) is 29.3 Å². The number of H-pyrrole nitrogens is 1. The van der Waals surface area contributed by atoms with Crippen molar-refractivity contribution < 1.29 is 148 Å². The van der Waals surface area contributed by atoms with E-state index in [0.717, 1.165) is 11.0 Å². The number of imidazole rings is 1. The van der Waals surface area contributed by atoms with E-state index >= 15 is 0 Å². The number of amides is 6. The molecule has 38 nitrogen and oxygen atoms in total. The summed E-state index contributed by atoms with van der Waals surface area (Å²) in [6.07, 6.45) is -3.59. The molecule has 0 bridgehead atoms. The SMILES string of the molecule is CN(Cc1nc2ccccc2[nH]1)C(=O)c1ccc2c(c1)CN(CCCNC(=O)[C@H](CCC(=O)O)NC(=O)[C@H](CCC(=O)O)NC(=O)CN1CCN(CC(=O)O)CCN(CC(=O)O)CCN(CC(=O)O)CC1)C(=O)[C@H](CC(=O)O)N2.CO[C@@]12[C@H](COC(N)=O)C3=C(C(=O)C(C)=C(N)C3=O)N1C[C@@H]1N[C@@H]12.[149Pm]. The number of rotatable bonds is 30. The number of carbonyl (C=O) groups excluding carboxylic acids is 8. The maximum absolute atomic E-state index is 13.9. The Hall–Kier alpha value is -9.33. The van der Waals surface area contributed by atoms with E-state index in [1.54, 1.807) is 44.8 Å². The second-order valence-electron chi connectivity index (χ2n) is 25.7. The van der Waals surface area contributed by atoms with Gasteiger partial charge in [0.2, 0.25) is 35.2 Å². The number of Topliss-reactive ketones (excluding diaryl/α,β-unsaturated/α-hetero) is 2. The van der Waals surface area contributed by atoms with Crippen LogP contribution >= 0.6 is 0 Å². The normalized spacial score (nSPS) is 21.3. The van der Waals surface area contributed by atoms with Gasteiger partial charge in [-0.2, -0.15) is 0 Å². The molecule has 6 aliphatic rings. The number of carboxylic acid groups (broad SMARTS) is 6. The Balaban J connectivity index is 0.000000503. The van der Waals surface area contributed by atoms with E-state index in [1.165, 1.54) is 23.8 Å². The van der Waals surface area contributed by atoms with Crippen molar-refractivity contribution in [3.63, 3.8) is 0 Å². The number of aliphatic carboxylic acids is 6. The monoisotopic (exact) mass is 1590 g/mol. The fourth-order valence-electron chi connectivity index (χ4n) is 13.3. The molecule has 1 aliphatic carbocycles. The van der Waals surface area contributed by atoms with Crippen LogP contribution in [0.5, 0.6) is 0 Å². The van der Waals surface area contributed by atoms with E-state index in [9.17, 15) is 97.8 Å². The quantitative estimate of drug-likeness (QED) is 0.0175. The van der Waals surface area contributed by atoms with Gasteiger partial charge in [-0.15, -0.1) is 0 Å². The standard InChI is InChI=1S/C50H68N12O17.C15H18N4O5.Pm/c1-57(26-39-53-34-5-2-3-6-35(34)54-39)49(78)31-7-8-33-32(23-31)25-62(50(79)38(52-33)24-43(68)69)14-4-13-51-47(76)36(9-11-41(64)65)56-48(77)37(10-12-42(66)67)55-40(63)27-58-15-17-59(28-44(70)71)19-21-61(30-46(74)75)22-20-60(18-16-58)29-45(72)73;1-5-9(16)12(21)8-6(4-24-14(17)22)15(23-2)13-7(18-13)3-19(15)10(8)11(5)20;/h2-3,5-8,23,36-38,52H,4,9-22,24-30H2,1H3,(H,51,76)(H,53,54)(H,55,63)(H,56,77)(H,64,65)(H,66,67)(H,68,69)(H,70,71)(H,72,73)(H,74,75);6-7,13,18H,3-4,16H2,1-2H3,(H2,17,22);/t36-,37-,38-;6-,7+,13+,15-;/m01./s1/i;;1+4. The molecule has 0 saturated carbocycles. The Morgan fingerprint density at radius 3 is 1.85 bits per heavy atom. The molecule has 3 saturated heterocycles. The molecule has 563 valence electrons. The van der Waals surface area contributed by atoms with Crippen molar-refractivity contribution in [3.8, 4) is 0 Å². The van der Waals surface area contributed by atoms with Gasteiger partial charge < -0.3 is 97.8 Å². The number of aromatic amines is 1. The third-order valence-electron chi connectivity index (χ3n) is 18.5. The van der Waals surface area contributed by atoms with Gasteiger partial charge in [0.25, 0.3) is 5.91 Å². The van der Waals surface area contributed by atoms with Crippen LogP contribution in [0.25, 0.3) is 11.0 Å². The first-order valence-corrected chi connectivity index (χ1v) is 33.1. The summed E-state index contributed by atoms with van der Waals surface area (Å²) in [7, 11) is 3.12. The fraction of sp³-hybridized carbons (Fsp3) is 0.523. The van der Waals surface area contributed by atoms with E-state index < -0.39 is 153 Å². The molecule has 6 heterocycles. The number of piperazine rings is 1. The molecular formula is C65H86N16O22Pm. The number of nitrogens with zero attached hydrogens (tertiary/aromatic N) is 8. The molecule has 0 spiro atoms. The number of carboxylic acids is 6. The van der Waals surface area contributed by atoms with Crippen molar-refractivity contribution in [2.75, 3.05) is 124 Å². The van der Waals surface area contributed by atoms with Crippen LogP contribution in [0.2, 0.25) is 0 Å². The number of para-hydroxylation sites is 2. The number of anilines is 1. The summed E-state index contributed by atoms with van der Waals surface area (Å²) in [4.78, 5) is 194. The van der Waals surface area contributed by atoms with Crippen LogP contribution in [0.15, 0.2) is 65.0 Å². The minimum absolute atomic E-state index is 0. The summed E-state index contributed by atoms with van der Waals surface area (Å²) < 4.78 is 10.8. The van der Waals surface area contributed by atoms with Gasteiger partial charge in [0.05, 0.1) is 73.5 Å². The van der Waals surface area contributed by atoms with Crippen LogP contribution in [0.1, 0.15) is 67.2 Å². The Bertz CT molecular complexity index is 3800. The summed E-state index contributed by atoms with van der Waals surface area (Å²) in [5.74, 6) is -11.7. The number of methoxy groups -OCH3 is 1. The molecule has 6 amide bonds. The molecule has 3 fully saturated rings. The molecule has 0 unspecified atom stereocenters. The van der Waals surface area contributed by atoms with Crippen molar-refractivity contribution in [1.29, 1.82) is 0 Å². The number of allylic oxidation sites excluding steroid dienone is 2. The van der Waals surface area contributed by atoms with Crippen LogP contribution in [0.3, 0.4) is 0 Å². The largest absolute Gasteiger partial charge is 0.481 e. The molecular weight excluding hydrogens is 1510 g/mol. The first-order valence-electron chi connectivity index (χ1n) is 33.1. The van der Waals surface area contributed by atoms with Crippen molar-refractivity contribution in [1.82, 2.24) is 65.5 Å². The Labute approximate surface area is 627 Å². The summed E-state index contributed by atoms with van der Waals surface area (Å²) in [6.45, 7) is 0.932. The number of hydrogen-bond acceptors (Lipinski definition) is 25. The topological polar surface area (TPSA) is 552 Å². The number of nitrogens with one attached hydrogen (secondary N) is 6. The second kappa shape index (κ2) is 36.9. The first-order chi connectivity index (χ1) is 48.9. The predicted molar refractivity (Wildman–Crippen MR) is 357 cm³/mol. The smallest absolute Gasteiger partial charge is 0.404 e. The molecule has 104 heavy (non-hydrogen) atoms. The fourth-order valence-corrected chi connectivity index (χ4v) is 13.3. The average Bonchev–Trinajstić information content (AvgIpc) is 1.50. The number of hydrogen-bond donors (Lipinski definition) is 14. The van der Waals surface area contributed by atoms with Crippen LogP contribution in [-0.2, 0) is 80.1 Å². The molecule has 5 aliphatic heterocycles. The van der Waals surface area contributed by atoms with Crippen LogP contribution in [0, 0.1) is 46.3 Å². The Morgan fingerprint density at radius 1 is 0.740 bits per heavy atom. The van der Waals surface area contributed by atoms with Gasteiger partial charge in [0, 0.05) is 174 Å². The van der Waals surface area contributed by atoms with Gasteiger partial charge in [-0.25, -0.2) is 9.78 Å². The van der Waals surface area contributed by atoms with Gasteiger partial charge in [0.1, 0.15) is 30.6 Å². The Kier molecular flexibility index (Phi) is 29.1. The maximum Gasteiger partial charge on any atom is 0.404 e. The molecule has 16 N–H and O–H groups in total. The second-order valence-corrected chi connectivity index (χ2v) is 25.7. The minimum Gasteiger partial charge on any atom is -0.481 e. The maximum atomic E-state index is 13.9. The zero-order valence-corrected chi connectivity index (χ0v) is 60.2. The Morgan fingerprint density at radius 2 is 1.31 bits per heavy atom. The molecule has 3 aromatic rings. The van der Waals surface area contributed by atoms with Gasteiger partial charge >= 0.3 is 41.9 Å². The summed E-state index contributed by atoms with van der Waals surface area (Å²) >= 11 is 0. The van der Waals surface area contributed by atoms with Gasteiger partial charge in [-0.05, 0) is 62.1 Å². The number of ketones is 2. The van der Waals surface area contributed by atoms with Crippen molar-refractivity contribution in [2.24, 2.45) is 17.4 Å². The van der Waals surface area contributed by atoms with E-state index in [2.05, 4.69) is 36.6 Å². The number of fused-ring (bicyclic) bond motifs is 6. The van der Waals surface area contributed by atoms with Crippen LogP contribution in [-0.4, -0.2) is 313 Å². The molecule has 2 aromatic carbocycles. The number of carbonyl (C=O) groups is 14. The number of benzene rings is 2. The van der Waals surface area contributed by atoms with Crippen LogP contribution in [0.4, 0.5) is 10.5 Å². The molecule has 7 atom stereocenters. The van der Waals surface area contributed by atoms with Crippen molar-refractivity contribution in [2.45, 2.75) is 94.5 Å². The molecule has 9 rings (SSSR count). The first kappa shape index (κ1) is 82.0. The van der Waals surface area contributed by atoms with E-state index in [4.69, 9.17) is 20.9 Å². The number of aromatic nitrogens is 2. The number of nitrogens with two attached hydrogens (primary N) is 2. The van der Waals surface area contributed by atoms with Gasteiger partial charge in [-0.1, -0.05) is 12.1 Å².